The van der Waals surface area contributed by atoms with Crippen LogP contribution in [-0.4, -0.2) is 23.0 Å². The molecule has 3 aromatic carbocycles. The monoisotopic (exact) mass is 400 g/mol. The molecule has 0 saturated heterocycles. The molecule has 0 bridgehead atoms. The number of rotatable bonds is 6. The largest absolute Gasteiger partial charge is 0.497 e. The molecule has 0 spiro atoms. The third kappa shape index (κ3) is 3.93. The second-order valence-corrected chi connectivity index (χ2v) is 6.44. The van der Waals surface area contributed by atoms with Crippen LogP contribution in [0.5, 0.6) is 5.75 Å². The van der Waals surface area contributed by atoms with Crippen LogP contribution in [0.25, 0.3) is 10.8 Å². The van der Waals surface area contributed by atoms with Crippen molar-refractivity contribution in [1.82, 2.24) is 15.4 Å². The number of nitrogens with one attached hydrogen (secondary N) is 3. The van der Waals surface area contributed by atoms with Gasteiger partial charge in [0.25, 0.3) is 5.91 Å². The van der Waals surface area contributed by atoms with Gasteiger partial charge in [0.2, 0.25) is 0 Å². The van der Waals surface area contributed by atoms with Gasteiger partial charge < -0.3 is 15.8 Å². The van der Waals surface area contributed by atoms with Gasteiger partial charge in [0.15, 0.2) is 11.6 Å². The molecular formula is C22H20N6O2. The maximum atomic E-state index is 12.7. The Bertz CT molecular complexity index is 1190. The van der Waals surface area contributed by atoms with Crippen LogP contribution in [0.2, 0.25) is 0 Å². The molecule has 0 saturated carbocycles. The molecule has 4 rings (SSSR count). The zero-order chi connectivity index (χ0) is 20.9. The van der Waals surface area contributed by atoms with Gasteiger partial charge in [-0.1, -0.05) is 36.4 Å². The summed E-state index contributed by atoms with van der Waals surface area (Å²) in [7, 11) is 1.61. The van der Waals surface area contributed by atoms with Crippen molar-refractivity contribution in [2.75, 3.05) is 23.6 Å². The average molecular weight is 400 g/mol. The van der Waals surface area contributed by atoms with Crippen molar-refractivity contribution in [3.8, 4) is 5.75 Å². The summed E-state index contributed by atoms with van der Waals surface area (Å²) < 4.78 is 5.15. The maximum Gasteiger partial charge on any atom is 0.270 e. The number of aromatic nitrogens is 2. The summed E-state index contributed by atoms with van der Waals surface area (Å²) in [6.45, 7) is 0. The predicted octanol–water partition coefficient (Wildman–Crippen LogP) is 3.72. The van der Waals surface area contributed by atoms with Gasteiger partial charge in [-0.3, -0.25) is 15.6 Å². The number of carbonyl (C=O) groups is 1. The third-order valence-corrected chi connectivity index (χ3v) is 4.57. The minimum atomic E-state index is -0.297. The maximum absolute atomic E-state index is 12.7. The third-order valence-electron chi connectivity index (χ3n) is 4.57. The van der Waals surface area contributed by atoms with Crippen LogP contribution in [0.1, 0.15) is 10.4 Å². The minimum Gasteiger partial charge on any atom is -0.497 e. The van der Waals surface area contributed by atoms with E-state index in [4.69, 9.17) is 10.5 Å². The van der Waals surface area contributed by atoms with Crippen molar-refractivity contribution < 1.29 is 9.53 Å². The van der Waals surface area contributed by atoms with Crippen molar-refractivity contribution in [3.05, 3.63) is 78.6 Å². The van der Waals surface area contributed by atoms with E-state index >= 15 is 0 Å². The molecule has 150 valence electrons. The van der Waals surface area contributed by atoms with Crippen molar-refractivity contribution in [3.63, 3.8) is 0 Å². The van der Waals surface area contributed by atoms with Crippen LogP contribution in [0.3, 0.4) is 0 Å². The number of nitrogens with zero attached hydrogens (tertiary/aromatic N) is 2. The first-order chi connectivity index (χ1) is 14.7. The Morgan fingerprint density at radius 3 is 2.47 bits per heavy atom. The lowest BCUT2D eigenvalue weighted by atomic mass is 10.0. The lowest BCUT2D eigenvalue weighted by Gasteiger charge is -2.14. The summed E-state index contributed by atoms with van der Waals surface area (Å²) in [5, 5.41) is 4.97. The fourth-order valence-electron chi connectivity index (χ4n) is 3.01. The van der Waals surface area contributed by atoms with Crippen LogP contribution < -0.4 is 26.6 Å². The van der Waals surface area contributed by atoms with E-state index in [0.29, 0.717) is 11.4 Å². The molecule has 0 radical (unpaired) electrons. The molecule has 0 atom stereocenters. The number of amides is 1. The summed E-state index contributed by atoms with van der Waals surface area (Å²) in [6.07, 6.45) is 1.36. The summed E-state index contributed by atoms with van der Waals surface area (Å²) in [4.78, 5) is 21.0. The smallest absolute Gasteiger partial charge is 0.270 e. The molecule has 0 aliphatic rings. The van der Waals surface area contributed by atoms with E-state index in [9.17, 15) is 4.79 Å². The molecule has 1 amide bonds. The van der Waals surface area contributed by atoms with E-state index in [2.05, 4.69) is 26.1 Å². The molecule has 0 aliphatic carbocycles. The van der Waals surface area contributed by atoms with Crippen LogP contribution >= 0.6 is 0 Å². The molecule has 8 nitrogen and oxygen atoms in total. The zero-order valence-electron chi connectivity index (χ0n) is 16.2. The molecule has 0 fully saturated rings. The van der Waals surface area contributed by atoms with Crippen molar-refractivity contribution in [1.29, 1.82) is 0 Å². The number of fused-ring (bicyclic) bond motifs is 1. The van der Waals surface area contributed by atoms with Crippen molar-refractivity contribution in [2.24, 2.45) is 0 Å². The molecular weight excluding hydrogens is 380 g/mol. The molecule has 1 aromatic heterocycles. The number of methoxy groups -OCH3 is 1. The number of anilines is 4. The first kappa shape index (κ1) is 19.0. The SMILES string of the molecule is COc1ccc(Nc2ncnc(NNC(=O)c3cccc4ccccc34)c2N)cc1. The highest BCUT2D eigenvalue weighted by molar-refractivity contribution is 6.07. The van der Waals surface area contributed by atoms with E-state index in [1.807, 2.05) is 60.7 Å². The van der Waals surface area contributed by atoms with Gasteiger partial charge in [0.05, 0.1) is 7.11 Å². The normalized spacial score (nSPS) is 10.4. The zero-order valence-corrected chi connectivity index (χ0v) is 16.2. The predicted molar refractivity (Wildman–Crippen MR) is 118 cm³/mol. The topological polar surface area (TPSA) is 114 Å². The fourth-order valence-corrected chi connectivity index (χ4v) is 3.01. The highest BCUT2D eigenvalue weighted by Gasteiger charge is 2.12. The number of hydrazine groups is 1. The van der Waals surface area contributed by atoms with Gasteiger partial charge in [0.1, 0.15) is 17.8 Å². The van der Waals surface area contributed by atoms with Crippen molar-refractivity contribution >= 4 is 39.7 Å². The Balaban J connectivity index is 1.49. The highest BCUT2D eigenvalue weighted by atomic mass is 16.5. The standard InChI is InChI=1S/C22H20N6O2/c1-30-16-11-9-15(10-12-16)26-20-19(23)21(25-13-24-20)27-28-22(29)18-8-4-6-14-5-2-3-7-17(14)18/h2-13H,23H2,1H3,(H,28,29)(H2,24,25,26,27). The average Bonchev–Trinajstić information content (AvgIpc) is 2.79. The van der Waals surface area contributed by atoms with Crippen LogP contribution in [-0.2, 0) is 0 Å². The Hall–Kier alpha value is -4.33. The Morgan fingerprint density at radius 1 is 0.933 bits per heavy atom. The van der Waals surface area contributed by atoms with E-state index in [-0.39, 0.29) is 17.4 Å². The second-order valence-electron chi connectivity index (χ2n) is 6.44. The minimum absolute atomic E-state index is 0.270. The molecule has 4 aromatic rings. The van der Waals surface area contributed by atoms with Gasteiger partial charge in [-0.05, 0) is 41.1 Å². The Morgan fingerprint density at radius 2 is 1.67 bits per heavy atom. The van der Waals surface area contributed by atoms with Gasteiger partial charge in [-0.15, -0.1) is 0 Å². The van der Waals surface area contributed by atoms with E-state index in [1.165, 1.54) is 6.33 Å². The fraction of sp³-hybridized carbons (Fsp3) is 0.0455. The van der Waals surface area contributed by atoms with E-state index < -0.39 is 0 Å². The summed E-state index contributed by atoms with van der Waals surface area (Å²) >= 11 is 0. The second kappa shape index (κ2) is 8.36. The Kier molecular flexibility index (Phi) is 5.29. The Labute approximate surface area is 173 Å². The molecule has 30 heavy (non-hydrogen) atoms. The summed E-state index contributed by atoms with van der Waals surface area (Å²) in [5.41, 5.74) is 13.2. The van der Waals surface area contributed by atoms with Crippen LogP contribution in [0, 0.1) is 0 Å². The molecule has 0 aliphatic heterocycles. The number of ether oxygens (including phenoxy) is 1. The first-order valence-electron chi connectivity index (χ1n) is 9.21. The highest BCUT2D eigenvalue weighted by Crippen LogP contribution is 2.26. The lowest BCUT2D eigenvalue weighted by molar-refractivity contribution is 0.0964. The van der Waals surface area contributed by atoms with Gasteiger partial charge >= 0.3 is 0 Å². The van der Waals surface area contributed by atoms with Gasteiger partial charge in [0, 0.05) is 11.3 Å². The number of nitrogens with two attached hydrogens (primary N) is 1. The van der Waals surface area contributed by atoms with Crippen LogP contribution in [0.4, 0.5) is 23.0 Å². The van der Waals surface area contributed by atoms with E-state index in [0.717, 1.165) is 22.2 Å². The van der Waals surface area contributed by atoms with Gasteiger partial charge in [-0.25, -0.2) is 9.97 Å². The molecule has 8 heteroatoms. The molecule has 0 unspecified atom stereocenters. The summed E-state index contributed by atoms with van der Waals surface area (Å²) in [5.74, 6) is 1.15. The lowest BCUT2D eigenvalue weighted by Crippen LogP contribution is -2.30. The van der Waals surface area contributed by atoms with E-state index in [1.54, 1.807) is 13.2 Å². The van der Waals surface area contributed by atoms with Crippen LogP contribution in [0.15, 0.2) is 73.1 Å². The number of hydrogen-bond acceptors (Lipinski definition) is 7. The van der Waals surface area contributed by atoms with Crippen molar-refractivity contribution in [2.45, 2.75) is 0 Å². The first-order valence-corrected chi connectivity index (χ1v) is 9.21. The number of hydrogen-bond donors (Lipinski definition) is 4. The number of carbonyl (C=O) groups excluding carboxylic acids is 1. The quantitative estimate of drug-likeness (QED) is 0.365. The summed E-state index contributed by atoms with van der Waals surface area (Å²) in [6, 6.07) is 20.6. The number of nitrogen functional groups attached to an aromatic ring is 1. The number of benzene rings is 3. The molecule has 1 heterocycles. The van der Waals surface area contributed by atoms with Gasteiger partial charge in [-0.2, -0.15) is 0 Å². The molecule has 5 N–H and O–H groups in total.